The topological polar surface area (TPSA) is 38.9 Å². The van der Waals surface area contributed by atoms with E-state index in [-0.39, 0.29) is 11.8 Å². The third-order valence-electron chi connectivity index (χ3n) is 3.45. The van der Waals surface area contributed by atoms with Gasteiger partial charge in [0.05, 0.1) is 12.0 Å². The van der Waals surface area contributed by atoms with Crippen LogP contribution in [0, 0.1) is 5.41 Å². The fourth-order valence-electron chi connectivity index (χ4n) is 2.27. The standard InChI is InChI=1S/C17H21F3N2O/c1-16(2,3)9-5-8-14-21-15(23-22-14)11-12-6-4-7-13(10-12)17(18,19)20/h4,6-7,10H,5,8-9,11H2,1-3H3. The summed E-state index contributed by atoms with van der Waals surface area (Å²) in [4.78, 5) is 4.26. The maximum absolute atomic E-state index is 12.7. The van der Waals surface area contributed by atoms with Crippen molar-refractivity contribution in [2.24, 2.45) is 5.41 Å². The molecule has 3 nitrogen and oxygen atoms in total. The van der Waals surface area contributed by atoms with E-state index in [9.17, 15) is 13.2 Å². The maximum Gasteiger partial charge on any atom is 0.416 e. The Kier molecular flexibility index (Phi) is 5.12. The number of aryl methyl sites for hydroxylation is 1. The Balaban J connectivity index is 1.97. The molecule has 0 bridgehead atoms. The molecule has 2 rings (SSSR count). The first-order chi connectivity index (χ1) is 10.6. The first-order valence-corrected chi connectivity index (χ1v) is 7.61. The summed E-state index contributed by atoms with van der Waals surface area (Å²) in [7, 11) is 0. The molecule has 0 radical (unpaired) electrons. The normalized spacial score (nSPS) is 12.6. The van der Waals surface area contributed by atoms with Gasteiger partial charge in [0.15, 0.2) is 5.82 Å². The molecule has 2 aromatic rings. The minimum absolute atomic E-state index is 0.205. The van der Waals surface area contributed by atoms with E-state index in [2.05, 4.69) is 30.9 Å². The van der Waals surface area contributed by atoms with Crippen LogP contribution in [0.3, 0.4) is 0 Å². The zero-order valence-electron chi connectivity index (χ0n) is 13.6. The number of benzene rings is 1. The van der Waals surface area contributed by atoms with Crippen molar-refractivity contribution in [2.45, 2.75) is 52.6 Å². The molecule has 0 spiro atoms. The molecule has 0 aliphatic rings. The van der Waals surface area contributed by atoms with Crippen LogP contribution in [0.15, 0.2) is 28.8 Å². The molecule has 0 amide bonds. The van der Waals surface area contributed by atoms with Gasteiger partial charge in [-0.25, -0.2) is 0 Å². The Bertz CT molecular complexity index is 642. The Morgan fingerprint density at radius 2 is 1.87 bits per heavy atom. The molecule has 1 aromatic heterocycles. The van der Waals surface area contributed by atoms with E-state index < -0.39 is 11.7 Å². The highest BCUT2D eigenvalue weighted by Crippen LogP contribution is 2.30. The molecule has 0 unspecified atom stereocenters. The molecule has 0 aliphatic carbocycles. The molecular weight excluding hydrogens is 305 g/mol. The smallest absolute Gasteiger partial charge is 0.339 e. The van der Waals surface area contributed by atoms with Gasteiger partial charge in [-0.3, -0.25) is 0 Å². The number of hydrogen-bond donors (Lipinski definition) is 0. The van der Waals surface area contributed by atoms with Crippen molar-refractivity contribution >= 4 is 0 Å². The number of halogens is 3. The van der Waals surface area contributed by atoms with E-state index >= 15 is 0 Å². The number of hydrogen-bond acceptors (Lipinski definition) is 3. The second-order valence-electron chi connectivity index (χ2n) is 6.89. The number of rotatable bonds is 5. The minimum atomic E-state index is -4.34. The van der Waals surface area contributed by atoms with Crippen LogP contribution in [0.5, 0.6) is 0 Å². The third-order valence-corrected chi connectivity index (χ3v) is 3.45. The van der Waals surface area contributed by atoms with Crippen molar-refractivity contribution in [3.63, 3.8) is 0 Å². The molecule has 23 heavy (non-hydrogen) atoms. The molecule has 0 saturated carbocycles. The van der Waals surface area contributed by atoms with E-state index in [4.69, 9.17) is 4.52 Å². The lowest BCUT2D eigenvalue weighted by molar-refractivity contribution is -0.137. The van der Waals surface area contributed by atoms with Crippen molar-refractivity contribution in [3.05, 3.63) is 47.1 Å². The van der Waals surface area contributed by atoms with Gasteiger partial charge in [0.1, 0.15) is 0 Å². The second-order valence-corrected chi connectivity index (χ2v) is 6.89. The van der Waals surface area contributed by atoms with Gasteiger partial charge < -0.3 is 4.52 Å². The summed E-state index contributed by atoms with van der Waals surface area (Å²) in [6.07, 6.45) is -1.43. The quantitative estimate of drug-likeness (QED) is 0.772. The summed E-state index contributed by atoms with van der Waals surface area (Å²) < 4.78 is 43.2. The van der Waals surface area contributed by atoms with Gasteiger partial charge in [-0.2, -0.15) is 18.2 Å². The second kappa shape index (κ2) is 6.72. The molecule has 1 heterocycles. The van der Waals surface area contributed by atoms with Crippen molar-refractivity contribution in [2.75, 3.05) is 0 Å². The fourth-order valence-corrected chi connectivity index (χ4v) is 2.27. The molecule has 1 aromatic carbocycles. The average molecular weight is 326 g/mol. The average Bonchev–Trinajstić information content (AvgIpc) is 2.84. The predicted molar refractivity (Wildman–Crippen MR) is 80.9 cm³/mol. The lowest BCUT2D eigenvalue weighted by atomic mass is 9.90. The molecular formula is C17H21F3N2O. The van der Waals surface area contributed by atoms with E-state index in [1.165, 1.54) is 6.07 Å². The van der Waals surface area contributed by atoms with Gasteiger partial charge in [-0.1, -0.05) is 44.1 Å². The van der Waals surface area contributed by atoms with Crippen LogP contribution in [0.25, 0.3) is 0 Å². The lowest BCUT2D eigenvalue weighted by Crippen LogP contribution is -2.05. The van der Waals surface area contributed by atoms with Crippen molar-refractivity contribution in [3.8, 4) is 0 Å². The molecule has 0 fully saturated rings. The molecule has 126 valence electrons. The third kappa shape index (κ3) is 5.69. The summed E-state index contributed by atoms with van der Waals surface area (Å²) in [5.74, 6) is 0.950. The van der Waals surface area contributed by atoms with Gasteiger partial charge in [0.25, 0.3) is 0 Å². The fraction of sp³-hybridized carbons (Fsp3) is 0.529. The van der Waals surface area contributed by atoms with E-state index in [0.717, 1.165) is 25.0 Å². The lowest BCUT2D eigenvalue weighted by Gasteiger charge is -2.16. The number of alkyl halides is 3. The van der Waals surface area contributed by atoms with Crippen LogP contribution in [0.4, 0.5) is 13.2 Å². The highest BCUT2D eigenvalue weighted by molar-refractivity contribution is 5.27. The highest BCUT2D eigenvalue weighted by atomic mass is 19.4. The Morgan fingerprint density at radius 3 is 2.52 bits per heavy atom. The van der Waals surface area contributed by atoms with Crippen molar-refractivity contribution in [1.29, 1.82) is 0 Å². The van der Waals surface area contributed by atoms with Gasteiger partial charge in [-0.05, 0) is 29.9 Å². The SMILES string of the molecule is CC(C)(C)CCCc1noc(Cc2cccc(C(F)(F)F)c2)n1. The van der Waals surface area contributed by atoms with E-state index in [0.29, 0.717) is 23.7 Å². The number of aromatic nitrogens is 2. The van der Waals surface area contributed by atoms with E-state index in [1.54, 1.807) is 6.07 Å². The van der Waals surface area contributed by atoms with Crippen LogP contribution >= 0.6 is 0 Å². The summed E-state index contributed by atoms with van der Waals surface area (Å²) in [6, 6.07) is 5.18. The molecule has 6 heteroatoms. The maximum atomic E-state index is 12.7. The molecule has 0 atom stereocenters. The van der Waals surface area contributed by atoms with Crippen LogP contribution in [0.1, 0.15) is 56.5 Å². The number of nitrogens with zero attached hydrogens (tertiary/aromatic N) is 2. The largest absolute Gasteiger partial charge is 0.416 e. The summed E-state index contributed by atoms with van der Waals surface area (Å²) in [5, 5.41) is 3.89. The first-order valence-electron chi connectivity index (χ1n) is 7.61. The van der Waals surface area contributed by atoms with Gasteiger partial charge >= 0.3 is 6.18 Å². The monoisotopic (exact) mass is 326 g/mol. The summed E-state index contributed by atoms with van der Waals surface area (Å²) in [5.41, 5.74) is 0.0922. The Hall–Kier alpha value is -1.85. The molecule has 0 saturated heterocycles. The van der Waals surface area contributed by atoms with Crippen LogP contribution < -0.4 is 0 Å². The Labute approximate surface area is 133 Å². The van der Waals surface area contributed by atoms with Gasteiger partial charge in [0.2, 0.25) is 5.89 Å². The van der Waals surface area contributed by atoms with Crippen LogP contribution in [0.2, 0.25) is 0 Å². The zero-order chi connectivity index (χ0) is 17.1. The molecule has 0 N–H and O–H groups in total. The highest BCUT2D eigenvalue weighted by Gasteiger charge is 2.30. The van der Waals surface area contributed by atoms with Crippen LogP contribution in [-0.4, -0.2) is 10.1 Å². The first kappa shape index (κ1) is 17.5. The predicted octanol–water partition coefficient (Wildman–Crippen LogP) is 5.05. The molecule has 0 aliphatic heterocycles. The van der Waals surface area contributed by atoms with Crippen molar-refractivity contribution in [1.82, 2.24) is 10.1 Å². The van der Waals surface area contributed by atoms with Gasteiger partial charge in [-0.15, -0.1) is 0 Å². The zero-order valence-corrected chi connectivity index (χ0v) is 13.6. The van der Waals surface area contributed by atoms with Crippen LogP contribution in [-0.2, 0) is 19.0 Å². The minimum Gasteiger partial charge on any atom is -0.339 e. The van der Waals surface area contributed by atoms with Gasteiger partial charge in [0, 0.05) is 6.42 Å². The Morgan fingerprint density at radius 1 is 1.13 bits per heavy atom. The summed E-state index contributed by atoms with van der Waals surface area (Å²) in [6.45, 7) is 6.51. The van der Waals surface area contributed by atoms with E-state index in [1.807, 2.05) is 0 Å². The summed E-state index contributed by atoms with van der Waals surface area (Å²) >= 11 is 0. The van der Waals surface area contributed by atoms with Crippen molar-refractivity contribution < 1.29 is 17.7 Å².